The zero-order valence-corrected chi connectivity index (χ0v) is 20.5. The first kappa shape index (κ1) is 25.0. The van der Waals surface area contributed by atoms with Gasteiger partial charge in [0.1, 0.15) is 0 Å². The number of nitrogens with one attached hydrogen (secondary N) is 2. The average Bonchev–Trinajstić information content (AvgIpc) is 2.83. The van der Waals surface area contributed by atoms with Gasteiger partial charge < -0.3 is 18.9 Å². The zero-order chi connectivity index (χ0) is 24.9. The van der Waals surface area contributed by atoms with E-state index in [4.69, 9.17) is 18.9 Å². The summed E-state index contributed by atoms with van der Waals surface area (Å²) in [4.78, 5) is -0.189. The Balaban J connectivity index is 1.93. The summed E-state index contributed by atoms with van der Waals surface area (Å²) in [6, 6.07) is 14.2. The smallest absolute Gasteiger partial charge is 0.262 e. The summed E-state index contributed by atoms with van der Waals surface area (Å²) in [5.41, 5.74) is 0.0580. The van der Waals surface area contributed by atoms with Crippen LogP contribution in [-0.4, -0.2) is 45.3 Å². The van der Waals surface area contributed by atoms with Gasteiger partial charge in [-0.2, -0.15) is 0 Å². The number of sulfonamides is 2. The van der Waals surface area contributed by atoms with Crippen LogP contribution in [0.4, 0.5) is 11.4 Å². The molecule has 0 spiro atoms. The Bertz CT molecular complexity index is 1280. The van der Waals surface area contributed by atoms with Crippen LogP contribution >= 0.6 is 0 Å². The van der Waals surface area contributed by atoms with Crippen LogP contribution in [-0.2, 0) is 20.0 Å². The minimum Gasteiger partial charge on any atom is -0.493 e. The number of ether oxygens (including phenoxy) is 4. The molecule has 0 heterocycles. The maximum Gasteiger partial charge on any atom is 0.262 e. The van der Waals surface area contributed by atoms with Gasteiger partial charge in [-0.1, -0.05) is 12.1 Å². The van der Waals surface area contributed by atoms with E-state index in [2.05, 4.69) is 9.44 Å². The van der Waals surface area contributed by atoms with E-state index < -0.39 is 20.0 Å². The van der Waals surface area contributed by atoms with Gasteiger partial charge in [-0.15, -0.1) is 0 Å². The molecule has 0 aliphatic rings. The van der Waals surface area contributed by atoms with Crippen molar-refractivity contribution in [3.8, 4) is 23.0 Å². The molecule has 3 aromatic rings. The molecule has 0 aliphatic heterocycles. The van der Waals surface area contributed by atoms with Gasteiger partial charge in [0.15, 0.2) is 23.0 Å². The lowest BCUT2D eigenvalue weighted by atomic mass is 10.3. The Kier molecular flexibility index (Phi) is 7.42. The number of hydrogen-bond donors (Lipinski definition) is 2. The molecule has 0 aliphatic carbocycles. The van der Waals surface area contributed by atoms with E-state index in [0.29, 0.717) is 11.5 Å². The Morgan fingerprint density at radius 1 is 0.529 bits per heavy atom. The molecule has 0 atom stereocenters. The van der Waals surface area contributed by atoms with E-state index in [-0.39, 0.29) is 32.7 Å². The Labute approximate surface area is 198 Å². The van der Waals surface area contributed by atoms with Crippen LogP contribution in [0.1, 0.15) is 0 Å². The fourth-order valence-corrected chi connectivity index (χ4v) is 5.23. The predicted molar refractivity (Wildman–Crippen MR) is 127 cm³/mol. The summed E-state index contributed by atoms with van der Waals surface area (Å²) in [7, 11) is -2.53. The summed E-state index contributed by atoms with van der Waals surface area (Å²) in [5, 5.41) is 0. The topological polar surface area (TPSA) is 129 Å². The summed E-state index contributed by atoms with van der Waals surface area (Å²) in [6.45, 7) is 0. The molecule has 12 heteroatoms. The van der Waals surface area contributed by atoms with Crippen molar-refractivity contribution in [2.75, 3.05) is 37.9 Å². The molecule has 0 aromatic heterocycles. The second-order valence-electron chi connectivity index (χ2n) is 6.79. The molecular weight excluding hydrogens is 484 g/mol. The van der Waals surface area contributed by atoms with Crippen molar-refractivity contribution in [1.29, 1.82) is 0 Å². The van der Waals surface area contributed by atoms with Crippen LogP contribution in [0.5, 0.6) is 23.0 Å². The summed E-state index contributed by atoms with van der Waals surface area (Å²) >= 11 is 0. The third-order valence-electron chi connectivity index (χ3n) is 4.75. The van der Waals surface area contributed by atoms with E-state index in [1.54, 1.807) is 12.1 Å². The monoisotopic (exact) mass is 508 g/mol. The number of hydrogen-bond acceptors (Lipinski definition) is 8. The number of benzene rings is 3. The number of rotatable bonds is 10. The molecule has 0 saturated carbocycles. The molecule has 182 valence electrons. The first-order chi connectivity index (χ1) is 16.1. The third kappa shape index (κ3) is 5.29. The lowest BCUT2D eigenvalue weighted by Crippen LogP contribution is -2.17. The van der Waals surface area contributed by atoms with Crippen molar-refractivity contribution >= 4 is 31.4 Å². The van der Waals surface area contributed by atoms with Gasteiger partial charge in [-0.3, -0.25) is 9.44 Å². The highest BCUT2D eigenvalue weighted by atomic mass is 32.2. The van der Waals surface area contributed by atoms with Crippen molar-refractivity contribution in [2.45, 2.75) is 9.79 Å². The quantitative estimate of drug-likeness (QED) is 0.427. The normalized spacial score (nSPS) is 11.4. The van der Waals surface area contributed by atoms with E-state index in [9.17, 15) is 16.8 Å². The maximum atomic E-state index is 13.0. The third-order valence-corrected chi connectivity index (χ3v) is 7.47. The highest BCUT2D eigenvalue weighted by Gasteiger charge is 2.22. The van der Waals surface area contributed by atoms with Gasteiger partial charge in [0.05, 0.1) is 49.6 Å². The summed E-state index contributed by atoms with van der Waals surface area (Å²) in [6.07, 6.45) is 0. The first-order valence-corrected chi connectivity index (χ1v) is 12.7. The van der Waals surface area contributed by atoms with Gasteiger partial charge in [-0.05, 0) is 36.4 Å². The Morgan fingerprint density at radius 2 is 0.882 bits per heavy atom. The van der Waals surface area contributed by atoms with E-state index in [1.807, 2.05) is 0 Å². The second-order valence-corrected chi connectivity index (χ2v) is 10.2. The molecule has 0 unspecified atom stereocenters. The van der Waals surface area contributed by atoms with Gasteiger partial charge in [0, 0.05) is 12.1 Å². The number of para-hydroxylation sites is 2. The molecular formula is C22H24N2O8S2. The van der Waals surface area contributed by atoms with E-state index in [1.165, 1.54) is 77.0 Å². The van der Waals surface area contributed by atoms with Gasteiger partial charge in [0.25, 0.3) is 20.0 Å². The van der Waals surface area contributed by atoms with Crippen LogP contribution in [0.15, 0.2) is 70.5 Å². The minimum absolute atomic E-state index is 0.0290. The fourth-order valence-electron chi connectivity index (χ4n) is 3.04. The van der Waals surface area contributed by atoms with Gasteiger partial charge in [-0.25, -0.2) is 16.8 Å². The van der Waals surface area contributed by atoms with Crippen LogP contribution in [0, 0.1) is 0 Å². The molecule has 2 N–H and O–H groups in total. The SMILES string of the molecule is COc1ccc(S(=O)(=O)Nc2ccccc2NS(=O)(=O)c2ccc(OC)c(OC)c2)cc1OC. The largest absolute Gasteiger partial charge is 0.493 e. The van der Waals surface area contributed by atoms with Crippen LogP contribution in [0.3, 0.4) is 0 Å². The maximum absolute atomic E-state index is 13.0. The lowest BCUT2D eigenvalue weighted by Gasteiger charge is -2.16. The zero-order valence-electron chi connectivity index (χ0n) is 18.9. The van der Waals surface area contributed by atoms with Gasteiger partial charge >= 0.3 is 0 Å². The highest BCUT2D eigenvalue weighted by Crippen LogP contribution is 2.33. The molecule has 0 fully saturated rings. The highest BCUT2D eigenvalue weighted by molar-refractivity contribution is 7.93. The average molecular weight is 509 g/mol. The van der Waals surface area contributed by atoms with Crippen molar-refractivity contribution in [3.05, 3.63) is 60.7 Å². The number of methoxy groups -OCH3 is 4. The summed E-state index contributed by atoms with van der Waals surface area (Å²) < 4.78 is 77.4. The number of anilines is 2. The van der Waals surface area contributed by atoms with E-state index in [0.717, 1.165) is 0 Å². The molecule has 0 bridgehead atoms. The Morgan fingerprint density at radius 3 is 1.21 bits per heavy atom. The molecule has 10 nitrogen and oxygen atoms in total. The predicted octanol–water partition coefficient (Wildman–Crippen LogP) is 3.32. The Hall–Kier alpha value is -3.64. The first-order valence-electron chi connectivity index (χ1n) is 9.74. The second kappa shape index (κ2) is 10.1. The molecule has 0 amide bonds. The van der Waals surface area contributed by atoms with Crippen molar-refractivity contribution < 1.29 is 35.8 Å². The van der Waals surface area contributed by atoms with Crippen LogP contribution in [0.2, 0.25) is 0 Å². The van der Waals surface area contributed by atoms with Crippen molar-refractivity contribution in [3.63, 3.8) is 0 Å². The summed E-state index contributed by atoms with van der Waals surface area (Å²) in [5.74, 6) is 1.19. The molecule has 34 heavy (non-hydrogen) atoms. The molecule has 0 radical (unpaired) electrons. The fraction of sp³-hybridized carbons (Fsp3) is 0.182. The molecule has 3 rings (SSSR count). The molecule has 3 aromatic carbocycles. The van der Waals surface area contributed by atoms with Crippen LogP contribution in [0.25, 0.3) is 0 Å². The van der Waals surface area contributed by atoms with Crippen molar-refractivity contribution in [2.24, 2.45) is 0 Å². The van der Waals surface area contributed by atoms with E-state index >= 15 is 0 Å². The van der Waals surface area contributed by atoms with Crippen LogP contribution < -0.4 is 28.4 Å². The molecule has 0 saturated heterocycles. The van der Waals surface area contributed by atoms with Gasteiger partial charge in [0.2, 0.25) is 0 Å². The van der Waals surface area contributed by atoms with Crippen molar-refractivity contribution in [1.82, 2.24) is 0 Å². The minimum atomic E-state index is -4.09. The standard InChI is InChI=1S/C22H24N2O8S2/c1-29-19-11-9-15(13-21(19)31-3)33(25,26)23-17-7-5-6-8-18(17)24-34(27,28)16-10-12-20(30-2)22(14-16)32-4/h5-14,23-24H,1-4H3. The lowest BCUT2D eigenvalue weighted by molar-refractivity contribution is 0.354.